The molecule has 0 aromatic heterocycles. The van der Waals surface area contributed by atoms with Gasteiger partial charge in [0.2, 0.25) is 10.0 Å². The minimum Gasteiger partial charge on any atom is -0.452 e. The van der Waals surface area contributed by atoms with E-state index in [4.69, 9.17) is 15.9 Å². The third-order valence-corrected chi connectivity index (χ3v) is 5.65. The van der Waals surface area contributed by atoms with Crippen molar-refractivity contribution < 1.29 is 27.5 Å². The quantitative estimate of drug-likeness (QED) is 0.547. The molecule has 1 N–H and O–H groups in total. The molecule has 0 aliphatic carbocycles. The number of nitrogens with one attached hydrogen (secondary N) is 1. The topological polar surface area (TPSA) is 102 Å². The zero-order chi connectivity index (χ0) is 19.2. The molecule has 1 aliphatic rings. The predicted molar refractivity (Wildman–Crippen MR) is 92.9 cm³/mol. The van der Waals surface area contributed by atoms with Gasteiger partial charge in [-0.25, -0.2) is 13.2 Å². The van der Waals surface area contributed by atoms with E-state index in [-0.39, 0.29) is 30.1 Å². The van der Waals surface area contributed by atoms with Gasteiger partial charge in [-0.1, -0.05) is 12.0 Å². The Morgan fingerprint density at radius 1 is 1.35 bits per heavy atom. The molecule has 8 nitrogen and oxygen atoms in total. The zero-order valence-corrected chi connectivity index (χ0v) is 15.2. The van der Waals surface area contributed by atoms with Crippen molar-refractivity contribution in [1.82, 2.24) is 9.62 Å². The van der Waals surface area contributed by atoms with Crippen LogP contribution in [0.3, 0.4) is 0 Å². The summed E-state index contributed by atoms with van der Waals surface area (Å²) >= 11 is 0. The van der Waals surface area contributed by atoms with E-state index in [1.54, 1.807) is 6.92 Å². The first-order valence-electron chi connectivity index (χ1n) is 7.92. The largest absolute Gasteiger partial charge is 0.452 e. The lowest BCUT2D eigenvalue weighted by Gasteiger charge is -2.26. The first kappa shape index (κ1) is 19.9. The maximum absolute atomic E-state index is 12.7. The molecule has 1 heterocycles. The van der Waals surface area contributed by atoms with Crippen LogP contribution in [0.5, 0.6) is 0 Å². The van der Waals surface area contributed by atoms with Crippen molar-refractivity contribution in [2.75, 3.05) is 39.5 Å². The van der Waals surface area contributed by atoms with Crippen LogP contribution in [0.2, 0.25) is 0 Å². The first-order valence-corrected chi connectivity index (χ1v) is 9.36. The van der Waals surface area contributed by atoms with Gasteiger partial charge >= 0.3 is 5.97 Å². The summed E-state index contributed by atoms with van der Waals surface area (Å²) in [6.45, 7) is 2.35. The molecule has 1 aromatic carbocycles. The molecule has 0 spiro atoms. The number of benzene rings is 1. The number of esters is 1. The Hall–Kier alpha value is -2.41. The van der Waals surface area contributed by atoms with Crippen molar-refractivity contribution >= 4 is 21.9 Å². The molecule has 0 bridgehead atoms. The molecule has 0 unspecified atom stereocenters. The lowest BCUT2D eigenvalue weighted by atomic mass is 10.1. The first-order chi connectivity index (χ1) is 12.4. The monoisotopic (exact) mass is 380 g/mol. The Morgan fingerprint density at radius 3 is 2.69 bits per heavy atom. The van der Waals surface area contributed by atoms with E-state index in [0.717, 1.165) is 0 Å². The van der Waals surface area contributed by atoms with E-state index < -0.39 is 28.5 Å². The van der Waals surface area contributed by atoms with Crippen molar-refractivity contribution in [2.45, 2.75) is 11.8 Å². The van der Waals surface area contributed by atoms with Gasteiger partial charge in [-0.3, -0.25) is 4.79 Å². The molecular formula is C17H20N2O6S. The number of terminal acetylenes is 1. The summed E-state index contributed by atoms with van der Waals surface area (Å²) in [5, 5.41) is 2.37. The van der Waals surface area contributed by atoms with Gasteiger partial charge in [0.05, 0.1) is 30.2 Å². The molecule has 1 amide bonds. The molecule has 1 saturated heterocycles. The molecular weight excluding hydrogens is 360 g/mol. The maximum Gasteiger partial charge on any atom is 0.338 e. The third kappa shape index (κ3) is 4.82. The summed E-state index contributed by atoms with van der Waals surface area (Å²) in [6, 6.07) is 4.24. The normalized spacial score (nSPS) is 15.1. The number of amides is 1. The van der Waals surface area contributed by atoms with Crippen molar-refractivity contribution in [3.8, 4) is 12.3 Å². The van der Waals surface area contributed by atoms with Crippen LogP contribution in [0.25, 0.3) is 0 Å². The summed E-state index contributed by atoms with van der Waals surface area (Å²) < 4.78 is 36.8. The van der Waals surface area contributed by atoms with Gasteiger partial charge in [-0.05, 0) is 24.6 Å². The fraction of sp³-hybridized carbons (Fsp3) is 0.412. The Morgan fingerprint density at radius 2 is 2.04 bits per heavy atom. The van der Waals surface area contributed by atoms with E-state index >= 15 is 0 Å². The number of hydrogen-bond donors (Lipinski definition) is 1. The van der Waals surface area contributed by atoms with Crippen LogP contribution >= 0.6 is 0 Å². The Balaban J connectivity index is 2.15. The number of morpholine rings is 1. The van der Waals surface area contributed by atoms with Gasteiger partial charge < -0.3 is 14.8 Å². The minimum absolute atomic E-state index is 0.00580. The van der Waals surface area contributed by atoms with Crippen LogP contribution in [0.4, 0.5) is 0 Å². The molecule has 140 valence electrons. The fourth-order valence-electron chi connectivity index (χ4n) is 2.33. The maximum atomic E-state index is 12.7. The summed E-state index contributed by atoms with van der Waals surface area (Å²) in [4.78, 5) is 23.7. The Bertz CT molecular complexity index is 822. The van der Waals surface area contributed by atoms with E-state index in [2.05, 4.69) is 11.2 Å². The average Bonchev–Trinajstić information content (AvgIpc) is 2.65. The molecule has 2 rings (SSSR count). The van der Waals surface area contributed by atoms with Gasteiger partial charge in [-0.15, -0.1) is 6.42 Å². The molecule has 1 fully saturated rings. The van der Waals surface area contributed by atoms with Gasteiger partial charge in [0, 0.05) is 13.1 Å². The number of sulfonamides is 1. The molecule has 1 aromatic rings. The summed E-state index contributed by atoms with van der Waals surface area (Å²) in [7, 11) is -3.73. The lowest BCUT2D eigenvalue weighted by molar-refractivity contribution is -0.123. The van der Waals surface area contributed by atoms with E-state index in [0.29, 0.717) is 18.8 Å². The number of hydrogen-bond acceptors (Lipinski definition) is 6. The van der Waals surface area contributed by atoms with Crippen LogP contribution in [0.15, 0.2) is 23.1 Å². The second-order valence-corrected chi connectivity index (χ2v) is 7.49. The molecule has 0 atom stereocenters. The second-order valence-electron chi connectivity index (χ2n) is 5.55. The lowest BCUT2D eigenvalue weighted by Crippen LogP contribution is -2.40. The number of nitrogens with zero attached hydrogens (tertiary/aromatic N) is 1. The van der Waals surface area contributed by atoms with E-state index in [9.17, 15) is 18.0 Å². The number of carbonyl (C=O) groups is 2. The summed E-state index contributed by atoms with van der Waals surface area (Å²) in [6.07, 6.45) is 5.02. The molecule has 26 heavy (non-hydrogen) atoms. The van der Waals surface area contributed by atoms with Gasteiger partial charge in [0.1, 0.15) is 0 Å². The van der Waals surface area contributed by atoms with Gasteiger partial charge in [0.15, 0.2) is 6.61 Å². The SMILES string of the molecule is C#CCNC(=O)COC(=O)c1cc(S(=O)(=O)N2CCOCC2)ccc1C. The fourth-order valence-corrected chi connectivity index (χ4v) is 3.76. The smallest absolute Gasteiger partial charge is 0.338 e. The number of ether oxygens (including phenoxy) is 2. The minimum atomic E-state index is -3.73. The highest BCUT2D eigenvalue weighted by atomic mass is 32.2. The van der Waals surface area contributed by atoms with Gasteiger partial charge in [-0.2, -0.15) is 4.31 Å². The summed E-state index contributed by atoms with van der Waals surface area (Å²) in [5.74, 6) is 0.913. The third-order valence-electron chi connectivity index (χ3n) is 3.76. The van der Waals surface area contributed by atoms with E-state index in [1.807, 2.05) is 0 Å². The van der Waals surface area contributed by atoms with Crippen LogP contribution in [0, 0.1) is 19.3 Å². The van der Waals surface area contributed by atoms with Crippen molar-refractivity contribution in [2.24, 2.45) is 0 Å². The standard InChI is InChI=1S/C17H20N2O6S/c1-3-6-18-16(20)12-25-17(21)15-11-14(5-4-13(15)2)26(22,23)19-7-9-24-10-8-19/h1,4-5,11H,6-10,12H2,2H3,(H,18,20). The Labute approximate surface area is 152 Å². The second kappa shape index (κ2) is 8.80. The Kier molecular flexibility index (Phi) is 6.74. The highest BCUT2D eigenvalue weighted by molar-refractivity contribution is 7.89. The molecule has 0 radical (unpaired) electrons. The van der Waals surface area contributed by atoms with Crippen molar-refractivity contribution in [1.29, 1.82) is 0 Å². The van der Waals surface area contributed by atoms with Crippen LogP contribution in [-0.4, -0.2) is 64.1 Å². The zero-order valence-electron chi connectivity index (χ0n) is 14.4. The van der Waals surface area contributed by atoms with Crippen LogP contribution in [0.1, 0.15) is 15.9 Å². The van der Waals surface area contributed by atoms with Gasteiger partial charge in [0.25, 0.3) is 5.91 Å². The van der Waals surface area contributed by atoms with Crippen LogP contribution < -0.4 is 5.32 Å². The van der Waals surface area contributed by atoms with Crippen molar-refractivity contribution in [3.05, 3.63) is 29.3 Å². The molecule has 1 aliphatic heterocycles. The predicted octanol–water partition coefficient (Wildman–Crippen LogP) is -0.0779. The van der Waals surface area contributed by atoms with E-state index in [1.165, 1.54) is 22.5 Å². The highest BCUT2D eigenvalue weighted by Gasteiger charge is 2.27. The number of aryl methyl sites for hydroxylation is 1. The van der Waals surface area contributed by atoms with Crippen LogP contribution in [-0.2, 0) is 24.3 Å². The average molecular weight is 380 g/mol. The molecule has 9 heteroatoms. The highest BCUT2D eigenvalue weighted by Crippen LogP contribution is 2.21. The molecule has 0 saturated carbocycles. The summed E-state index contributed by atoms with van der Waals surface area (Å²) in [5.41, 5.74) is 0.629. The number of carbonyl (C=O) groups excluding carboxylic acids is 2. The number of rotatable bonds is 6. The van der Waals surface area contributed by atoms with Crippen molar-refractivity contribution in [3.63, 3.8) is 0 Å².